The minimum absolute atomic E-state index is 0.0825. The normalized spacial score (nSPS) is 10.2. The van der Waals surface area contributed by atoms with Gasteiger partial charge in [0.1, 0.15) is 0 Å². The number of unbranched alkanes of at least 4 members (excludes halogenated alkanes) is 7. The van der Waals surface area contributed by atoms with Gasteiger partial charge in [-0.1, -0.05) is 38.5 Å². The molecule has 0 aromatic carbocycles. The molecule has 19 heavy (non-hydrogen) atoms. The van der Waals surface area contributed by atoms with E-state index in [1.807, 2.05) is 6.92 Å². The number of hydrogen-bond acceptors (Lipinski definition) is 2. The summed E-state index contributed by atoms with van der Waals surface area (Å²) in [6.45, 7) is 3.30. The number of carboxylic acid groups (broad SMARTS) is 1. The highest BCUT2D eigenvalue weighted by Crippen LogP contribution is 2.09. The van der Waals surface area contributed by atoms with Crippen LogP contribution in [0.15, 0.2) is 0 Å². The maximum atomic E-state index is 11.1. The monoisotopic (exact) mass is 272 g/mol. The zero-order valence-electron chi connectivity index (χ0n) is 12.0. The Hall–Kier alpha value is -1.26. The van der Waals surface area contributed by atoms with Crippen LogP contribution < -0.4 is 10.6 Å². The molecule has 5 heteroatoms. The predicted molar refractivity (Wildman–Crippen MR) is 76.3 cm³/mol. The molecular formula is C14H28N2O3. The van der Waals surface area contributed by atoms with Crippen LogP contribution in [0.4, 0.5) is 4.79 Å². The van der Waals surface area contributed by atoms with Crippen molar-refractivity contribution in [3.8, 4) is 0 Å². The number of nitrogens with one attached hydrogen (secondary N) is 2. The van der Waals surface area contributed by atoms with Crippen molar-refractivity contribution in [2.75, 3.05) is 13.1 Å². The number of urea groups is 1. The average molecular weight is 272 g/mol. The van der Waals surface area contributed by atoms with Crippen LogP contribution in [0.2, 0.25) is 0 Å². The van der Waals surface area contributed by atoms with Crippen LogP contribution in [0.1, 0.15) is 64.7 Å². The molecule has 0 aliphatic carbocycles. The standard InChI is InChI=1S/C14H28N2O3/c1-2-15-14(19)16-12-10-8-6-4-3-5-7-9-11-13(17)18/h2-12H2,1H3,(H,17,18)(H2,15,16,19). The predicted octanol–water partition coefficient (Wildman–Crippen LogP) is 2.90. The minimum atomic E-state index is -0.695. The molecule has 2 amide bonds. The summed E-state index contributed by atoms with van der Waals surface area (Å²) in [6.07, 6.45) is 8.98. The number of amides is 2. The van der Waals surface area contributed by atoms with Crippen LogP contribution in [-0.4, -0.2) is 30.2 Å². The quantitative estimate of drug-likeness (QED) is 0.478. The topological polar surface area (TPSA) is 78.4 Å². The van der Waals surface area contributed by atoms with Crippen LogP contribution >= 0.6 is 0 Å². The minimum Gasteiger partial charge on any atom is -0.481 e. The van der Waals surface area contributed by atoms with Gasteiger partial charge in [-0.05, 0) is 19.8 Å². The van der Waals surface area contributed by atoms with Crippen molar-refractivity contribution >= 4 is 12.0 Å². The van der Waals surface area contributed by atoms with Crippen molar-refractivity contribution in [1.29, 1.82) is 0 Å². The number of rotatable bonds is 12. The maximum Gasteiger partial charge on any atom is 0.314 e. The lowest BCUT2D eigenvalue weighted by Gasteiger charge is -2.05. The zero-order valence-corrected chi connectivity index (χ0v) is 12.0. The van der Waals surface area contributed by atoms with E-state index < -0.39 is 5.97 Å². The SMILES string of the molecule is CCNC(=O)NCCCCCCCCCCC(=O)O. The molecule has 0 heterocycles. The molecule has 0 unspecified atom stereocenters. The highest BCUT2D eigenvalue weighted by molar-refractivity contribution is 5.73. The van der Waals surface area contributed by atoms with E-state index in [-0.39, 0.29) is 6.03 Å². The third-order valence-corrected chi connectivity index (χ3v) is 2.94. The van der Waals surface area contributed by atoms with E-state index in [0.29, 0.717) is 13.0 Å². The summed E-state index contributed by atoms with van der Waals surface area (Å²) in [6, 6.07) is -0.0825. The van der Waals surface area contributed by atoms with Crippen molar-refractivity contribution in [2.24, 2.45) is 0 Å². The van der Waals surface area contributed by atoms with Gasteiger partial charge < -0.3 is 15.7 Å². The van der Waals surface area contributed by atoms with Gasteiger partial charge >= 0.3 is 12.0 Å². The molecule has 0 radical (unpaired) electrons. The van der Waals surface area contributed by atoms with E-state index >= 15 is 0 Å². The van der Waals surface area contributed by atoms with E-state index in [0.717, 1.165) is 38.6 Å². The van der Waals surface area contributed by atoms with Gasteiger partial charge in [-0.2, -0.15) is 0 Å². The van der Waals surface area contributed by atoms with Crippen molar-refractivity contribution in [3.63, 3.8) is 0 Å². The molecule has 0 saturated carbocycles. The molecular weight excluding hydrogens is 244 g/mol. The molecule has 0 saturated heterocycles. The van der Waals surface area contributed by atoms with Gasteiger partial charge in [0.05, 0.1) is 0 Å². The third kappa shape index (κ3) is 14.7. The van der Waals surface area contributed by atoms with Crippen LogP contribution in [0.25, 0.3) is 0 Å². The number of carbonyl (C=O) groups is 2. The zero-order chi connectivity index (χ0) is 14.3. The Bertz CT molecular complexity index is 245. The van der Waals surface area contributed by atoms with E-state index in [4.69, 9.17) is 5.11 Å². The summed E-state index contributed by atoms with van der Waals surface area (Å²) in [5.74, 6) is -0.695. The molecule has 0 fully saturated rings. The molecule has 0 rings (SSSR count). The summed E-state index contributed by atoms with van der Waals surface area (Å²) >= 11 is 0. The number of hydrogen-bond donors (Lipinski definition) is 3. The highest BCUT2D eigenvalue weighted by atomic mass is 16.4. The largest absolute Gasteiger partial charge is 0.481 e. The Kier molecular flexibility index (Phi) is 12.3. The first kappa shape index (κ1) is 17.7. The van der Waals surface area contributed by atoms with Gasteiger partial charge in [0.15, 0.2) is 0 Å². The molecule has 0 bridgehead atoms. The first-order valence-electron chi connectivity index (χ1n) is 7.40. The molecule has 0 aromatic heterocycles. The van der Waals surface area contributed by atoms with Gasteiger partial charge in [0.2, 0.25) is 0 Å². The molecule has 0 atom stereocenters. The first-order chi connectivity index (χ1) is 9.16. The van der Waals surface area contributed by atoms with Crippen LogP contribution in [0, 0.1) is 0 Å². The first-order valence-corrected chi connectivity index (χ1v) is 7.40. The Morgan fingerprint density at radius 2 is 1.37 bits per heavy atom. The van der Waals surface area contributed by atoms with Crippen molar-refractivity contribution in [2.45, 2.75) is 64.7 Å². The van der Waals surface area contributed by atoms with Crippen LogP contribution in [0.5, 0.6) is 0 Å². The lowest BCUT2D eigenvalue weighted by atomic mass is 10.1. The highest BCUT2D eigenvalue weighted by Gasteiger charge is 1.98. The summed E-state index contributed by atoms with van der Waals surface area (Å²) in [5, 5.41) is 14.0. The number of aliphatic carboxylic acids is 1. The second-order valence-corrected chi connectivity index (χ2v) is 4.76. The Morgan fingerprint density at radius 1 is 0.842 bits per heavy atom. The van der Waals surface area contributed by atoms with Crippen molar-refractivity contribution in [3.05, 3.63) is 0 Å². The van der Waals surface area contributed by atoms with Crippen molar-refractivity contribution in [1.82, 2.24) is 10.6 Å². The van der Waals surface area contributed by atoms with E-state index in [1.165, 1.54) is 19.3 Å². The van der Waals surface area contributed by atoms with Crippen LogP contribution in [0.3, 0.4) is 0 Å². The number of carbonyl (C=O) groups excluding carboxylic acids is 1. The van der Waals surface area contributed by atoms with Gasteiger partial charge in [-0.15, -0.1) is 0 Å². The summed E-state index contributed by atoms with van der Waals surface area (Å²) in [7, 11) is 0. The summed E-state index contributed by atoms with van der Waals surface area (Å²) in [5.41, 5.74) is 0. The molecule has 0 aliphatic heterocycles. The Balaban J connectivity index is 3.06. The molecule has 3 N–H and O–H groups in total. The second-order valence-electron chi connectivity index (χ2n) is 4.76. The molecule has 0 aliphatic rings. The fourth-order valence-electron chi connectivity index (χ4n) is 1.89. The van der Waals surface area contributed by atoms with Gasteiger partial charge in [-0.25, -0.2) is 4.79 Å². The van der Waals surface area contributed by atoms with E-state index in [2.05, 4.69) is 10.6 Å². The van der Waals surface area contributed by atoms with Crippen molar-refractivity contribution < 1.29 is 14.7 Å². The summed E-state index contributed by atoms with van der Waals surface area (Å²) in [4.78, 5) is 21.4. The maximum absolute atomic E-state index is 11.1. The smallest absolute Gasteiger partial charge is 0.314 e. The van der Waals surface area contributed by atoms with Gasteiger partial charge in [0.25, 0.3) is 0 Å². The van der Waals surface area contributed by atoms with Gasteiger partial charge in [0, 0.05) is 19.5 Å². The second kappa shape index (κ2) is 13.2. The molecule has 0 aromatic rings. The Labute approximate surface area is 116 Å². The fourth-order valence-corrected chi connectivity index (χ4v) is 1.89. The van der Waals surface area contributed by atoms with E-state index in [1.54, 1.807) is 0 Å². The molecule has 0 spiro atoms. The lowest BCUT2D eigenvalue weighted by Crippen LogP contribution is -2.35. The third-order valence-electron chi connectivity index (χ3n) is 2.94. The average Bonchev–Trinajstić information content (AvgIpc) is 2.36. The molecule has 112 valence electrons. The summed E-state index contributed by atoms with van der Waals surface area (Å²) < 4.78 is 0. The number of carboxylic acids is 1. The fraction of sp³-hybridized carbons (Fsp3) is 0.857. The van der Waals surface area contributed by atoms with E-state index in [9.17, 15) is 9.59 Å². The molecule has 5 nitrogen and oxygen atoms in total. The van der Waals surface area contributed by atoms with Gasteiger partial charge in [-0.3, -0.25) is 4.79 Å². The Morgan fingerprint density at radius 3 is 1.89 bits per heavy atom. The van der Waals surface area contributed by atoms with Crippen LogP contribution in [-0.2, 0) is 4.79 Å². The lowest BCUT2D eigenvalue weighted by molar-refractivity contribution is -0.137.